The van der Waals surface area contributed by atoms with Gasteiger partial charge in [0.25, 0.3) is 0 Å². The molecule has 1 saturated heterocycles. The lowest BCUT2D eigenvalue weighted by Gasteiger charge is -2.34. The number of fused-ring (bicyclic) bond motifs is 1. The number of nitrogens with zero attached hydrogens (tertiary/aromatic N) is 2. The minimum atomic E-state index is -3.58. The van der Waals surface area contributed by atoms with Gasteiger partial charge in [-0.15, -0.1) is 0 Å². The molecule has 31 heavy (non-hydrogen) atoms. The number of ether oxygens (including phenoxy) is 1. The van der Waals surface area contributed by atoms with E-state index in [-0.39, 0.29) is 10.8 Å². The lowest BCUT2D eigenvalue weighted by Crippen LogP contribution is -2.50. The Labute approximate surface area is 182 Å². The number of sulfonamides is 1. The van der Waals surface area contributed by atoms with Crippen molar-refractivity contribution in [3.8, 4) is 5.75 Å². The Morgan fingerprint density at radius 3 is 2.45 bits per heavy atom. The van der Waals surface area contributed by atoms with Crippen molar-refractivity contribution < 1.29 is 17.9 Å². The fourth-order valence-corrected chi connectivity index (χ4v) is 5.36. The molecule has 4 rings (SSSR count). The van der Waals surface area contributed by atoms with E-state index in [9.17, 15) is 13.2 Å². The van der Waals surface area contributed by atoms with Crippen LogP contribution in [0.25, 0.3) is 10.9 Å². The van der Waals surface area contributed by atoms with E-state index in [1.54, 1.807) is 29.2 Å². The SMILES string of the molecule is CCOc1ccc(S(=O)(=O)N2CCN(C(=O)CCc3c[nH]c4ccccc34)CC2)cc1. The number of aromatic amines is 1. The first-order valence-electron chi connectivity index (χ1n) is 10.5. The molecule has 0 aliphatic carbocycles. The average molecular weight is 442 g/mol. The first-order valence-corrected chi connectivity index (χ1v) is 12.0. The molecule has 0 bridgehead atoms. The van der Waals surface area contributed by atoms with Gasteiger partial charge in [0.05, 0.1) is 11.5 Å². The number of aromatic nitrogens is 1. The standard InChI is InChI=1S/C23H27N3O4S/c1-2-30-19-8-10-20(11-9-19)31(28,29)26-15-13-25(14-16-26)23(27)12-7-18-17-24-22-6-4-3-5-21(18)22/h3-6,8-11,17,24H,2,7,12-16H2,1H3. The van der Waals surface area contributed by atoms with E-state index in [0.717, 1.165) is 16.5 Å². The zero-order valence-corrected chi connectivity index (χ0v) is 18.4. The number of carbonyl (C=O) groups excluding carboxylic acids is 1. The highest BCUT2D eigenvalue weighted by Crippen LogP contribution is 2.22. The molecule has 8 heteroatoms. The summed E-state index contributed by atoms with van der Waals surface area (Å²) in [5, 5.41) is 1.14. The van der Waals surface area contributed by atoms with Gasteiger partial charge < -0.3 is 14.6 Å². The highest BCUT2D eigenvalue weighted by atomic mass is 32.2. The van der Waals surface area contributed by atoms with E-state index in [2.05, 4.69) is 11.1 Å². The van der Waals surface area contributed by atoms with Gasteiger partial charge in [-0.25, -0.2) is 8.42 Å². The Bertz CT molecular complexity index is 1150. The summed E-state index contributed by atoms with van der Waals surface area (Å²) >= 11 is 0. The van der Waals surface area contributed by atoms with Crippen LogP contribution in [0.3, 0.4) is 0 Å². The second kappa shape index (κ2) is 9.11. The fourth-order valence-electron chi connectivity index (χ4n) is 3.94. The van der Waals surface area contributed by atoms with Crippen molar-refractivity contribution in [3.63, 3.8) is 0 Å². The van der Waals surface area contributed by atoms with Gasteiger partial charge in [-0.1, -0.05) is 18.2 Å². The molecular formula is C23H27N3O4S. The molecule has 2 aromatic carbocycles. The number of para-hydroxylation sites is 1. The van der Waals surface area contributed by atoms with Gasteiger partial charge in [0.1, 0.15) is 5.75 Å². The number of hydrogen-bond acceptors (Lipinski definition) is 4. The molecule has 0 radical (unpaired) electrons. The fraction of sp³-hybridized carbons (Fsp3) is 0.348. The van der Waals surface area contributed by atoms with Gasteiger partial charge in [0.2, 0.25) is 15.9 Å². The Kier molecular flexibility index (Phi) is 6.29. The number of H-pyrrole nitrogens is 1. The number of hydrogen-bond donors (Lipinski definition) is 1. The summed E-state index contributed by atoms with van der Waals surface area (Å²) in [6.45, 7) is 3.82. The molecule has 164 valence electrons. The maximum absolute atomic E-state index is 12.9. The predicted molar refractivity (Wildman–Crippen MR) is 120 cm³/mol. The van der Waals surface area contributed by atoms with E-state index in [4.69, 9.17) is 4.74 Å². The maximum Gasteiger partial charge on any atom is 0.243 e. The first kappa shape index (κ1) is 21.4. The highest BCUT2D eigenvalue weighted by molar-refractivity contribution is 7.89. The van der Waals surface area contributed by atoms with Crippen LogP contribution in [0.5, 0.6) is 5.75 Å². The van der Waals surface area contributed by atoms with Crippen LogP contribution in [0.4, 0.5) is 0 Å². The highest BCUT2D eigenvalue weighted by Gasteiger charge is 2.30. The molecule has 1 amide bonds. The third kappa shape index (κ3) is 4.60. The lowest BCUT2D eigenvalue weighted by atomic mass is 10.1. The Hall–Kier alpha value is -2.84. The smallest absolute Gasteiger partial charge is 0.243 e. The molecule has 3 aromatic rings. The molecule has 0 saturated carbocycles. The van der Waals surface area contributed by atoms with Gasteiger partial charge in [-0.3, -0.25) is 4.79 Å². The molecule has 1 aliphatic heterocycles. The second-order valence-electron chi connectivity index (χ2n) is 7.55. The van der Waals surface area contributed by atoms with Crippen LogP contribution >= 0.6 is 0 Å². The normalized spacial score (nSPS) is 15.3. The summed E-state index contributed by atoms with van der Waals surface area (Å²) in [7, 11) is -3.58. The van der Waals surface area contributed by atoms with Crippen molar-refractivity contribution in [2.24, 2.45) is 0 Å². The van der Waals surface area contributed by atoms with Crippen LogP contribution in [-0.2, 0) is 21.2 Å². The number of aryl methyl sites for hydroxylation is 1. The molecule has 2 heterocycles. The molecular weight excluding hydrogens is 414 g/mol. The topological polar surface area (TPSA) is 82.7 Å². The summed E-state index contributed by atoms with van der Waals surface area (Å²) in [6, 6.07) is 14.5. The number of benzene rings is 2. The molecule has 0 spiro atoms. The number of carbonyl (C=O) groups is 1. The van der Waals surface area contributed by atoms with E-state index < -0.39 is 10.0 Å². The molecule has 0 unspecified atom stereocenters. The number of nitrogens with one attached hydrogen (secondary N) is 1. The molecule has 1 fully saturated rings. The number of piperazine rings is 1. The van der Waals surface area contributed by atoms with Crippen LogP contribution < -0.4 is 4.74 Å². The summed E-state index contributed by atoms with van der Waals surface area (Å²) in [6.07, 6.45) is 3.03. The molecule has 1 aliphatic rings. The summed E-state index contributed by atoms with van der Waals surface area (Å²) in [5.74, 6) is 0.704. The van der Waals surface area contributed by atoms with Crippen molar-refractivity contribution in [1.82, 2.24) is 14.2 Å². The molecule has 1 N–H and O–H groups in total. The van der Waals surface area contributed by atoms with E-state index in [1.165, 1.54) is 4.31 Å². The number of amides is 1. The van der Waals surface area contributed by atoms with E-state index in [1.807, 2.05) is 31.3 Å². The third-order valence-corrected chi connectivity index (χ3v) is 7.56. The van der Waals surface area contributed by atoms with Crippen LogP contribution in [0.2, 0.25) is 0 Å². The lowest BCUT2D eigenvalue weighted by molar-refractivity contribution is -0.132. The van der Waals surface area contributed by atoms with Crippen LogP contribution in [-0.4, -0.2) is 61.3 Å². The maximum atomic E-state index is 12.9. The van der Waals surface area contributed by atoms with Crippen LogP contribution in [0, 0.1) is 0 Å². The van der Waals surface area contributed by atoms with Crippen LogP contribution in [0.1, 0.15) is 18.9 Å². The van der Waals surface area contributed by atoms with Gasteiger partial charge >= 0.3 is 0 Å². The minimum absolute atomic E-state index is 0.0587. The summed E-state index contributed by atoms with van der Waals surface area (Å²) < 4.78 is 32.7. The summed E-state index contributed by atoms with van der Waals surface area (Å²) in [5.41, 5.74) is 2.19. The van der Waals surface area contributed by atoms with Gasteiger partial charge in [-0.05, 0) is 49.2 Å². The van der Waals surface area contributed by atoms with Crippen molar-refractivity contribution in [1.29, 1.82) is 0 Å². The first-order chi connectivity index (χ1) is 15.0. The molecule has 7 nitrogen and oxygen atoms in total. The average Bonchev–Trinajstić information content (AvgIpc) is 3.21. The van der Waals surface area contributed by atoms with Crippen molar-refractivity contribution in [2.75, 3.05) is 32.8 Å². The van der Waals surface area contributed by atoms with Crippen molar-refractivity contribution in [2.45, 2.75) is 24.7 Å². The zero-order valence-electron chi connectivity index (χ0n) is 17.6. The van der Waals surface area contributed by atoms with E-state index in [0.29, 0.717) is 51.4 Å². The zero-order chi connectivity index (χ0) is 21.8. The van der Waals surface area contributed by atoms with E-state index >= 15 is 0 Å². The monoisotopic (exact) mass is 441 g/mol. The van der Waals surface area contributed by atoms with Crippen molar-refractivity contribution in [3.05, 3.63) is 60.3 Å². The number of rotatable bonds is 7. The Morgan fingerprint density at radius 2 is 1.74 bits per heavy atom. The van der Waals surface area contributed by atoms with Crippen LogP contribution in [0.15, 0.2) is 59.6 Å². The largest absolute Gasteiger partial charge is 0.494 e. The Balaban J connectivity index is 1.32. The third-order valence-electron chi connectivity index (χ3n) is 5.65. The molecule has 1 aromatic heterocycles. The van der Waals surface area contributed by atoms with Gasteiger partial charge in [-0.2, -0.15) is 4.31 Å². The minimum Gasteiger partial charge on any atom is -0.494 e. The molecule has 0 atom stereocenters. The summed E-state index contributed by atoms with van der Waals surface area (Å²) in [4.78, 5) is 17.9. The van der Waals surface area contributed by atoms with Gasteiger partial charge in [0, 0.05) is 49.7 Å². The second-order valence-corrected chi connectivity index (χ2v) is 9.49. The Morgan fingerprint density at radius 1 is 1.03 bits per heavy atom. The predicted octanol–water partition coefficient (Wildman–Crippen LogP) is 3.03. The van der Waals surface area contributed by atoms with Gasteiger partial charge in [0.15, 0.2) is 0 Å². The quantitative estimate of drug-likeness (QED) is 0.611. The van der Waals surface area contributed by atoms with Crippen molar-refractivity contribution >= 4 is 26.8 Å².